The highest BCUT2D eigenvalue weighted by atomic mass is 32.2. The Morgan fingerprint density at radius 2 is 1.83 bits per heavy atom. The summed E-state index contributed by atoms with van der Waals surface area (Å²) in [4.78, 5) is 33.7. The number of amides is 1. The summed E-state index contributed by atoms with van der Waals surface area (Å²) < 4.78 is 7.64. The molecule has 8 nitrogen and oxygen atoms in total. The average Bonchev–Trinajstić information content (AvgIpc) is 3.59. The van der Waals surface area contributed by atoms with Crippen LogP contribution in [0.5, 0.6) is 0 Å². The highest BCUT2D eigenvalue weighted by molar-refractivity contribution is 8.26. The van der Waals surface area contributed by atoms with Crippen LogP contribution < -0.4 is 10.5 Å². The summed E-state index contributed by atoms with van der Waals surface area (Å²) in [5.41, 5.74) is 2.43. The van der Waals surface area contributed by atoms with Gasteiger partial charge in [-0.15, -0.1) is 0 Å². The van der Waals surface area contributed by atoms with Crippen LogP contribution in [0.2, 0.25) is 0 Å². The average molecular weight is 588 g/mol. The summed E-state index contributed by atoms with van der Waals surface area (Å²) in [6.07, 6.45) is 5.11. The number of nitriles is 1. The molecule has 41 heavy (non-hydrogen) atoms. The van der Waals surface area contributed by atoms with Crippen molar-refractivity contribution >= 4 is 46.1 Å². The molecule has 0 aliphatic carbocycles. The Morgan fingerprint density at radius 3 is 2.49 bits per heavy atom. The van der Waals surface area contributed by atoms with Gasteiger partial charge in [0.25, 0.3) is 11.5 Å². The summed E-state index contributed by atoms with van der Waals surface area (Å²) in [5, 5.41) is 9.97. The number of thiocarbonyl (C=S) groups is 1. The summed E-state index contributed by atoms with van der Waals surface area (Å²) in [7, 11) is 0. The molecule has 2 saturated heterocycles. The first-order valence-corrected chi connectivity index (χ1v) is 15.1. The number of hydrogen-bond donors (Lipinski definition) is 0. The molecule has 1 aromatic carbocycles. The lowest BCUT2D eigenvalue weighted by Crippen LogP contribution is -2.48. The van der Waals surface area contributed by atoms with Crippen molar-refractivity contribution in [3.8, 4) is 6.07 Å². The van der Waals surface area contributed by atoms with Crippen LogP contribution in [-0.4, -0.2) is 50.8 Å². The van der Waals surface area contributed by atoms with Crippen molar-refractivity contribution < 1.29 is 9.21 Å². The Kier molecular flexibility index (Phi) is 9.08. The first kappa shape index (κ1) is 28.9. The molecule has 0 saturated carbocycles. The molecular formula is C31H33N5O3S2. The molecule has 3 aromatic rings. The van der Waals surface area contributed by atoms with Crippen molar-refractivity contribution in [3.05, 3.63) is 92.0 Å². The Bertz CT molecular complexity index is 1550. The fraction of sp³-hybridized carbons (Fsp3) is 0.355. The Morgan fingerprint density at radius 1 is 1.07 bits per heavy atom. The van der Waals surface area contributed by atoms with Crippen molar-refractivity contribution in [2.45, 2.75) is 46.3 Å². The number of carbonyl (C=O) groups excluding carboxylic acids is 1. The van der Waals surface area contributed by atoms with Gasteiger partial charge in [0.1, 0.15) is 27.5 Å². The lowest BCUT2D eigenvalue weighted by Gasteiger charge is -2.38. The van der Waals surface area contributed by atoms with Gasteiger partial charge in [-0.05, 0) is 42.7 Å². The maximum atomic E-state index is 13.6. The number of nitrogens with zero attached hydrogens (tertiary/aromatic N) is 5. The number of unbranched alkanes of at least 4 members (excludes halogenated alkanes) is 1. The Labute approximate surface area is 249 Å². The van der Waals surface area contributed by atoms with E-state index in [1.807, 2.05) is 18.2 Å². The maximum Gasteiger partial charge on any atom is 0.270 e. The fourth-order valence-corrected chi connectivity index (χ4v) is 6.53. The molecule has 2 aromatic heterocycles. The van der Waals surface area contributed by atoms with E-state index in [9.17, 15) is 14.9 Å². The third kappa shape index (κ3) is 6.17. The van der Waals surface area contributed by atoms with Gasteiger partial charge in [-0.3, -0.25) is 24.0 Å². The largest absolute Gasteiger partial charge is 0.467 e. The third-order valence-electron chi connectivity index (χ3n) is 7.55. The molecule has 0 radical (unpaired) electrons. The zero-order valence-electron chi connectivity index (χ0n) is 23.3. The molecule has 0 atom stereocenters. The van der Waals surface area contributed by atoms with Crippen molar-refractivity contribution in [1.82, 2.24) is 14.4 Å². The number of anilines is 1. The molecule has 2 aliphatic heterocycles. The molecule has 4 heterocycles. The first-order chi connectivity index (χ1) is 19.9. The number of hydrogen-bond acceptors (Lipinski definition) is 8. The standard InChI is InChI=1S/C31H33N5O3S2/c1-3-4-12-35-28(34-15-13-33(14-16-34)20-23-9-6-5-7-10-23)25(22(2)26(19-32)29(35)37)18-27-30(38)36(31(40)41-27)21-24-11-8-17-39-24/h5-11,17-18H,3-4,12-16,20-21H2,1-2H3/b27-18-. The predicted octanol–water partition coefficient (Wildman–Crippen LogP) is 5.15. The van der Waals surface area contributed by atoms with Gasteiger partial charge in [0.05, 0.1) is 17.7 Å². The van der Waals surface area contributed by atoms with Crippen LogP contribution >= 0.6 is 24.0 Å². The Balaban J connectivity index is 1.51. The lowest BCUT2D eigenvalue weighted by atomic mass is 10.0. The van der Waals surface area contributed by atoms with E-state index in [1.54, 1.807) is 23.8 Å². The molecule has 0 spiro atoms. The van der Waals surface area contributed by atoms with Crippen LogP contribution in [0.25, 0.3) is 6.08 Å². The van der Waals surface area contributed by atoms with E-state index in [-0.39, 0.29) is 23.6 Å². The van der Waals surface area contributed by atoms with Gasteiger partial charge in [-0.2, -0.15) is 5.26 Å². The second-order valence-electron chi connectivity index (χ2n) is 10.3. The predicted molar refractivity (Wildman–Crippen MR) is 166 cm³/mol. The molecule has 2 aliphatic rings. The van der Waals surface area contributed by atoms with E-state index >= 15 is 0 Å². The second kappa shape index (κ2) is 12.9. The van der Waals surface area contributed by atoms with Gasteiger partial charge >= 0.3 is 0 Å². The number of aromatic nitrogens is 1. The molecule has 10 heteroatoms. The van der Waals surface area contributed by atoms with Gasteiger partial charge in [-0.25, -0.2) is 0 Å². The first-order valence-electron chi connectivity index (χ1n) is 13.9. The SMILES string of the molecule is CCCCn1c(N2CCN(Cc3ccccc3)CC2)c(/C=C2\SC(=S)N(Cc3ccco3)C2=O)c(C)c(C#N)c1=O. The van der Waals surface area contributed by atoms with Crippen molar-refractivity contribution in [3.63, 3.8) is 0 Å². The minimum atomic E-state index is -0.275. The Hall–Kier alpha value is -3.65. The van der Waals surface area contributed by atoms with Crippen LogP contribution in [0.4, 0.5) is 5.82 Å². The van der Waals surface area contributed by atoms with E-state index < -0.39 is 0 Å². The van der Waals surface area contributed by atoms with E-state index in [0.717, 1.165) is 56.9 Å². The number of piperazine rings is 1. The number of thioether (sulfide) groups is 1. The number of furan rings is 1. The monoisotopic (exact) mass is 587 g/mol. The molecule has 5 rings (SSSR count). The zero-order valence-corrected chi connectivity index (χ0v) is 25.0. The van der Waals surface area contributed by atoms with Crippen LogP contribution in [0.3, 0.4) is 0 Å². The molecule has 1 amide bonds. The van der Waals surface area contributed by atoms with Crippen LogP contribution in [0.1, 0.15) is 47.8 Å². The van der Waals surface area contributed by atoms with Crippen molar-refractivity contribution in [2.75, 3.05) is 31.1 Å². The van der Waals surface area contributed by atoms with Crippen LogP contribution in [0.15, 0.2) is 62.8 Å². The summed E-state index contributed by atoms with van der Waals surface area (Å²) >= 11 is 6.79. The van der Waals surface area contributed by atoms with Gasteiger partial charge in [0, 0.05) is 44.8 Å². The molecule has 0 bridgehead atoms. The quantitative estimate of drug-likeness (QED) is 0.251. The van der Waals surface area contributed by atoms with Gasteiger partial charge in [-0.1, -0.05) is 67.7 Å². The number of rotatable bonds is 9. The smallest absolute Gasteiger partial charge is 0.270 e. The van der Waals surface area contributed by atoms with E-state index in [4.69, 9.17) is 16.6 Å². The zero-order chi connectivity index (χ0) is 28.9. The fourth-order valence-electron chi connectivity index (χ4n) is 5.29. The third-order valence-corrected chi connectivity index (χ3v) is 8.92. The molecule has 212 valence electrons. The summed E-state index contributed by atoms with van der Waals surface area (Å²) in [6, 6.07) is 16.1. The molecule has 0 unspecified atom stereocenters. The molecule has 2 fully saturated rings. The van der Waals surface area contributed by atoms with E-state index in [0.29, 0.717) is 27.1 Å². The molecular weight excluding hydrogens is 555 g/mol. The second-order valence-corrected chi connectivity index (χ2v) is 11.9. The number of carbonyl (C=O) groups is 1. The lowest BCUT2D eigenvalue weighted by molar-refractivity contribution is -0.122. The van der Waals surface area contributed by atoms with Gasteiger partial charge in [0.2, 0.25) is 0 Å². The number of pyridine rings is 1. The summed E-state index contributed by atoms with van der Waals surface area (Å²) in [6.45, 7) is 8.63. The highest BCUT2D eigenvalue weighted by Crippen LogP contribution is 2.37. The van der Waals surface area contributed by atoms with E-state index in [2.05, 4.69) is 47.1 Å². The van der Waals surface area contributed by atoms with Crippen LogP contribution in [0, 0.1) is 18.3 Å². The normalized spacial score (nSPS) is 17.0. The van der Waals surface area contributed by atoms with Gasteiger partial charge < -0.3 is 9.32 Å². The minimum absolute atomic E-state index is 0.116. The summed E-state index contributed by atoms with van der Waals surface area (Å²) in [5.74, 6) is 1.21. The van der Waals surface area contributed by atoms with Crippen molar-refractivity contribution in [1.29, 1.82) is 5.26 Å². The van der Waals surface area contributed by atoms with E-state index in [1.165, 1.54) is 22.2 Å². The topological polar surface area (TPSA) is 85.7 Å². The van der Waals surface area contributed by atoms with Crippen LogP contribution in [-0.2, 0) is 24.4 Å². The van der Waals surface area contributed by atoms with Crippen molar-refractivity contribution in [2.24, 2.45) is 0 Å². The highest BCUT2D eigenvalue weighted by Gasteiger charge is 2.34. The van der Waals surface area contributed by atoms with Gasteiger partial charge in [0.15, 0.2) is 0 Å². The minimum Gasteiger partial charge on any atom is -0.467 e. The molecule has 0 N–H and O–H groups in total. The maximum absolute atomic E-state index is 13.6. The number of benzene rings is 1.